The first-order chi connectivity index (χ1) is 12.9. The molecule has 1 amide bonds. The molecule has 0 aliphatic carbocycles. The molecule has 144 valence electrons. The number of anilines is 1. The lowest BCUT2D eigenvalue weighted by molar-refractivity contribution is -0.119. The summed E-state index contributed by atoms with van der Waals surface area (Å²) in [4.78, 5) is 14.5. The summed E-state index contributed by atoms with van der Waals surface area (Å²) in [6.07, 6.45) is 0. The predicted molar refractivity (Wildman–Crippen MR) is 114 cm³/mol. The molecular formula is C21H27N3O2S. The Morgan fingerprint density at radius 1 is 1.15 bits per heavy atom. The number of nitrogens with one attached hydrogen (secondary N) is 2. The number of nitrogens with zero attached hydrogens (tertiary/aromatic N) is 1. The highest BCUT2D eigenvalue weighted by Gasteiger charge is 2.22. The zero-order valence-corrected chi connectivity index (χ0v) is 17.1. The minimum Gasteiger partial charge on any atom is -0.497 e. The number of amides is 1. The lowest BCUT2D eigenvalue weighted by atomic mass is 10.2. The van der Waals surface area contributed by atoms with Gasteiger partial charge in [0.2, 0.25) is 5.91 Å². The molecule has 0 heterocycles. The van der Waals surface area contributed by atoms with Gasteiger partial charge in [-0.15, -0.1) is 0 Å². The molecule has 0 aromatic heterocycles. The number of benzene rings is 2. The van der Waals surface area contributed by atoms with Gasteiger partial charge in [-0.05, 0) is 62.8 Å². The Labute approximate surface area is 166 Å². The summed E-state index contributed by atoms with van der Waals surface area (Å²) in [5.41, 5.74) is 3.02. The molecule has 0 spiro atoms. The summed E-state index contributed by atoms with van der Waals surface area (Å²) in [6.45, 7) is 7.08. The summed E-state index contributed by atoms with van der Waals surface area (Å²) in [7, 11) is 1.64. The summed E-state index contributed by atoms with van der Waals surface area (Å²) in [5, 5.41) is 6.73. The quantitative estimate of drug-likeness (QED) is 0.712. The van der Waals surface area contributed by atoms with Crippen molar-refractivity contribution in [2.24, 2.45) is 0 Å². The van der Waals surface area contributed by atoms with Crippen molar-refractivity contribution in [2.45, 2.75) is 33.4 Å². The number of carbonyl (C=O) groups excluding carboxylic acids is 1. The first-order valence-electron chi connectivity index (χ1n) is 8.99. The molecule has 2 rings (SSSR count). The van der Waals surface area contributed by atoms with Crippen LogP contribution in [0.3, 0.4) is 0 Å². The van der Waals surface area contributed by atoms with Crippen LogP contribution in [-0.4, -0.2) is 35.6 Å². The van der Waals surface area contributed by atoms with E-state index in [1.54, 1.807) is 7.11 Å². The van der Waals surface area contributed by atoms with Crippen LogP contribution in [0.4, 0.5) is 5.69 Å². The van der Waals surface area contributed by atoms with Crippen molar-refractivity contribution in [1.82, 2.24) is 10.2 Å². The van der Waals surface area contributed by atoms with Crippen LogP contribution in [0.1, 0.15) is 25.0 Å². The molecule has 2 aromatic carbocycles. The molecule has 0 unspecified atom stereocenters. The molecule has 0 fully saturated rings. The maximum atomic E-state index is 12.6. The van der Waals surface area contributed by atoms with Gasteiger partial charge >= 0.3 is 0 Å². The summed E-state index contributed by atoms with van der Waals surface area (Å²) < 4.78 is 5.16. The maximum Gasteiger partial charge on any atom is 0.246 e. The standard InChI is InChI=1S/C21H27N3O2S/c1-5-24(16(3)20(25)23-18-10-6-15(2)7-11-18)21(27)22-14-17-8-12-19(26-4)13-9-17/h6-13,16H,5,14H2,1-4H3,(H,22,27)(H,23,25)/t16-/m0/s1. The molecule has 6 heteroatoms. The zero-order valence-electron chi connectivity index (χ0n) is 16.3. The van der Waals surface area contributed by atoms with E-state index in [9.17, 15) is 4.79 Å². The summed E-state index contributed by atoms with van der Waals surface area (Å²) >= 11 is 5.51. The van der Waals surface area contributed by atoms with Crippen LogP contribution >= 0.6 is 12.2 Å². The number of aryl methyl sites for hydroxylation is 1. The molecule has 0 saturated carbocycles. The second kappa shape index (κ2) is 9.92. The normalized spacial score (nSPS) is 11.4. The van der Waals surface area contributed by atoms with E-state index in [1.807, 2.05) is 74.2 Å². The Kier molecular flexibility index (Phi) is 7.61. The van der Waals surface area contributed by atoms with E-state index in [-0.39, 0.29) is 11.9 Å². The van der Waals surface area contributed by atoms with Gasteiger partial charge in [0.15, 0.2) is 5.11 Å². The van der Waals surface area contributed by atoms with Crippen LogP contribution < -0.4 is 15.4 Å². The van der Waals surface area contributed by atoms with Gasteiger partial charge in [0.05, 0.1) is 7.11 Å². The van der Waals surface area contributed by atoms with E-state index < -0.39 is 0 Å². The van der Waals surface area contributed by atoms with E-state index in [1.165, 1.54) is 0 Å². The van der Waals surface area contributed by atoms with Gasteiger partial charge in [-0.1, -0.05) is 29.8 Å². The van der Waals surface area contributed by atoms with E-state index in [0.29, 0.717) is 18.2 Å². The number of hydrogen-bond donors (Lipinski definition) is 2. The Morgan fingerprint density at radius 2 is 1.78 bits per heavy atom. The van der Waals surface area contributed by atoms with Crippen molar-refractivity contribution in [1.29, 1.82) is 0 Å². The third kappa shape index (κ3) is 5.96. The van der Waals surface area contributed by atoms with Gasteiger partial charge in [-0.2, -0.15) is 0 Å². The monoisotopic (exact) mass is 385 g/mol. The topological polar surface area (TPSA) is 53.6 Å². The SMILES string of the molecule is CCN(C(=S)NCc1ccc(OC)cc1)[C@@H](C)C(=O)Nc1ccc(C)cc1. The molecule has 0 saturated heterocycles. The summed E-state index contributed by atoms with van der Waals surface area (Å²) in [6, 6.07) is 15.2. The number of thiocarbonyl (C=S) groups is 1. The fourth-order valence-corrected chi connectivity index (χ4v) is 3.00. The molecule has 1 atom stereocenters. The van der Waals surface area contributed by atoms with Crippen LogP contribution in [0, 0.1) is 6.92 Å². The molecule has 27 heavy (non-hydrogen) atoms. The largest absolute Gasteiger partial charge is 0.497 e. The van der Waals surface area contributed by atoms with Gasteiger partial charge in [0.25, 0.3) is 0 Å². The van der Waals surface area contributed by atoms with Crippen LogP contribution in [0.25, 0.3) is 0 Å². The number of carbonyl (C=O) groups is 1. The van der Waals surface area contributed by atoms with Crippen molar-refractivity contribution < 1.29 is 9.53 Å². The van der Waals surface area contributed by atoms with Crippen LogP contribution in [0.15, 0.2) is 48.5 Å². The van der Waals surface area contributed by atoms with Crippen molar-refractivity contribution in [3.8, 4) is 5.75 Å². The lowest BCUT2D eigenvalue weighted by Crippen LogP contribution is -2.49. The third-order valence-electron chi connectivity index (χ3n) is 4.37. The molecule has 5 nitrogen and oxygen atoms in total. The van der Waals surface area contributed by atoms with E-state index in [4.69, 9.17) is 17.0 Å². The number of ether oxygens (including phenoxy) is 1. The van der Waals surface area contributed by atoms with E-state index >= 15 is 0 Å². The first kappa shape index (κ1) is 20.7. The number of likely N-dealkylation sites (N-methyl/N-ethyl adjacent to an activating group) is 1. The second-order valence-corrected chi connectivity index (χ2v) is 6.71. The van der Waals surface area contributed by atoms with Crippen LogP contribution in [0.5, 0.6) is 5.75 Å². The van der Waals surface area contributed by atoms with E-state index in [2.05, 4.69) is 10.6 Å². The Hall–Kier alpha value is -2.60. The molecule has 0 bridgehead atoms. The second-order valence-electron chi connectivity index (χ2n) is 6.32. The molecule has 0 radical (unpaired) electrons. The minimum atomic E-state index is -0.382. The highest BCUT2D eigenvalue weighted by atomic mass is 32.1. The summed E-state index contributed by atoms with van der Waals surface area (Å²) in [5.74, 6) is 0.729. The van der Waals surface area contributed by atoms with Crippen molar-refractivity contribution in [3.63, 3.8) is 0 Å². The highest BCUT2D eigenvalue weighted by Crippen LogP contribution is 2.12. The van der Waals surface area contributed by atoms with Crippen LogP contribution in [0.2, 0.25) is 0 Å². The van der Waals surface area contributed by atoms with Gasteiger partial charge in [0.1, 0.15) is 11.8 Å². The zero-order chi connectivity index (χ0) is 19.8. The maximum absolute atomic E-state index is 12.6. The van der Waals surface area contributed by atoms with E-state index in [0.717, 1.165) is 22.6 Å². The average molecular weight is 386 g/mol. The number of methoxy groups -OCH3 is 1. The van der Waals surface area contributed by atoms with Gasteiger partial charge in [-0.25, -0.2) is 0 Å². The van der Waals surface area contributed by atoms with Crippen molar-refractivity contribution in [3.05, 3.63) is 59.7 Å². The van der Waals surface area contributed by atoms with Gasteiger partial charge in [0, 0.05) is 18.8 Å². The number of rotatable bonds is 7. The molecule has 2 aromatic rings. The Morgan fingerprint density at radius 3 is 2.33 bits per heavy atom. The lowest BCUT2D eigenvalue weighted by Gasteiger charge is -2.30. The smallest absolute Gasteiger partial charge is 0.246 e. The Balaban J connectivity index is 1.93. The predicted octanol–water partition coefficient (Wildman–Crippen LogP) is 3.73. The van der Waals surface area contributed by atoms with Crippen molar-refractivity contribution >= 4 is 28.9 Å². The molecular weight excluding hydrogens is 358 g/mol. The molecule has 0 aliphatic rings. The molecule has 0 aliphatic heterocycles. The number of hydrogen-bond acceptors (Lipinski definition) is 3. The minimum absolute atomic E-state index is 0.0886. The van der Waals surface area contributed by atoms with Crippen molar-refractivity contribution in [2.75, 3.05) is 19.0 Å². The third-order valence-corrected chi connectivity index (χ3v) is 4.75. The van der Waals surface area contributed by atoms with Gasteiger partial charge < -0.3 is 20.3 Å². The first-order valence-corrected chi connectivity index (χ1v) is 9.40. The molecule has 2 N–H and O–H groups in total. The van der Waals surface area contributed by atoms with Crippen LogP contribution in [-0.2, 0) is 11.3 Å². The average Bonchev–Trinajstić information content (AvgIpc) is 2.69. The fourth-order valence-electron chi connectivity index (χ4n) is 2.64. The Bertz CT molecular complexity index is 760. The fraction of sp³-hybridized carbons (Fsp3) is 0.333. The van der Waals surface area contributed by atoms with Gasteiger partial charge in [-0.3, -0.25) is 4.79 Å². The highest BCUT2D eigenvalue weighted by molar-refractivity contribution is 7.80.